The van der Waals surface area contributed by atoms with E-state index in [-0.39, 0.29) is 18.3 Å². The van der Waals surface area contributed by atoms with Crippen LogP contribution in [0.5, 0.6) is 5.75 Å². The minimum absolute atomic E-state index is 0.0879. The third kappa shape index (κ3) is 6.00. The zero-order valence-corrected chi connectivity index (χ0v) is 20.1. The third-order valence-corrected chi connectivity index (χ3v) is 6.27. The van der Waals surface area contributed by atoms with Crippen molar-refractivity contribution in [3.8, 4) is 11.4 Å². The number of ether oxygens (including phenoxy) is 1. The number of aromatic nitrogens is 3. The van der Waals surface area contributed by atoms with Gasteiger partial charge in [-0.1, -0.05) is 70.8 Å². The van der Waals surface area contributed by atoms with Gasteiger partial charge in [0.25, 0.3) is 0 Å². The van der Waals surface area contributed by atoms with Crippen LogP contribution in [0.3, 0.4) is 0 Å². The molecule has 0 fully saturated rings. The minimum atomic E-state index is -0.267. The molecule has 0 atom stereocenters. The Labute approximate surface area is 209 Å². The molecule has 0 aliphatic rings. The Morgan fingerprint density at radius 2 is 1.61 bits per heavy atom. The van der Waals surface area contributed by atoms with Crippen LogP contribution in [-0.2, 0) is 11.4 Å². The molecule has 3 aromatic carbocycles. The van der Waals surface area contributed by atoms with Gasteiger partial charge in [-0.3, -0.25) is 9.36 Å². The van der Waals surface area contributed by atoms with Crippen molar-refractivity contribution >= 4 is 58.2 Å². The third-order valence-electron chi connectivity index (χ3n) is 4.46. The maximum absolute atomic E-state index is 12.5. The monoisotopic (exact) mass is 518 g/mol. The minimum Gasteiger partial charge on any atom is -0.486 e. The summed E-state index contributed by atoms with van der Waals surface area (Å²) in [6, 6.07) is 21.7. The Balaban J connectivity index is 1.50. The number of carbonyl (C=O) groups excluding carboxylic acids is 1. The Morgan fingerprint density at radius 1 is 0.909 bits per heavy atom. The topological polar surface area (TPSA) is 69.0 Å². The fraction of sp³-hybridized carbons (Fsp3) is 0.0870. The van der Waals surface area contributed by atoms with Gasteiger partial charge in [0.2, 0.25) is 5.91 Å². The van der Waals surface area contributed by atoms with Crippen molar-refractivity contribution in [2.45, 2.75) is 11.8 Å². The highest BCUT2D eigenvalue weighted by Gasteiger charge is 2.17. The van der Waals surface area contributed by atoms with Crippen LogP contribution in [0.4, 0.5) is 5.69 Å². The second-order valence-corrected chi connectivity index (χ2v) is 8.94. The van der Waals surface area contributed by atoms with Gasteiger partial charge in [0.1, 0.15) is 12.4 Å². The van der Waals surface area contributed by atoms with Gasteiger partial charge in [-0.2, -0.15) is 0 Å². The molecule has 0 unspecified atom stereocenters. The number of anilines is 1. The number of amides is 1. The molecule has 0 bridgehead atoms. The number of thioether (sulfide) groups is 1. The summed E-state index contributed by atoms with van der Waals surface area (Å²) >= 11 is 19.5. The molecular formula is C23H17Cl3N4O2S. The van der Waals surface area contributed by atoms with Gasteiger partial charge in [0.05, 0.1) is 21.5 Å². The molecule has 1 amide bonds. The van der Waals surface area contributed by atoms with Crippen molar-refractivity contribution in [1.29, 1.82) is 0 Å². The molecule has 0 saturated heterocycles. The van der Waals surface area contributed by atoms with E-state index in [0.717, 1.165) is 5.69 Å². The summed E-state index contributed by atoms with van der Waals surface area (Å²) in [5.41, 5.74) is 1.24. The Hall–Kier alpha value is -2.71. The number of rotatable bonds is 8. The summed E-state index contributed by atoms with van der Waals surface area (Å²) in [7, 11) is 0. The molecule has 10 heteroatoms. The zero-order valence-electron chi connectivity index (χ0n) is 17.0. The van der Waals surface area contributed by atoms with Crippen LogP contribution < -0.4 is 10.1 Å². The van der Waals surface area contributed by atoms with Gasteiger partial charge in [-0.05, 0) is 48.5 Å². The highest BCUT2D eigenvalue weighted by atomic mass is 35.5. The van der Waals surface area contributed by atoms with Crippen LogP contribution in [0.2, 0.25) is 15.1 Å². The van der Waals surface area contributed by atoms with Gasteiger partial charge in [-0.25, -0.2) is 0 Å². The lowest BCUT2D eigenvalue weighted by molar-refractivity contribution is -0.113. The molecule has 0 spiro atoms. The first kappa shape index (κ1) is 23.4. The molecule has 168 valence electrons. The molecule has 0 radical (unpaired) electrons. The van der Waals surface area contributed by atoms with E-state index in [9.17, 15) is 4.79 Å². The average Bonchev–Trinajstić information content (AvgIpc) is 3.23. The Bertz CT molecular complexity index is 1230. The van der Waals surface area contributed by atoms with Crippen LogP contribution in [0.15, 0.2) is 78.0 Å². The molecule has 0 saturated carbocycles. The first-order valence-corrected chi connectivity index (χ1v) is 11.9. The Kier molecular flexibility index (Phi) is 7.77. The summed E-state index contributed by atoms with van der Waals surface area (Å²) in [5, 5.41) is 13.2. The number of nitrogens with zero attached hydrogens (tertiary/aromatic N) is 3. The summed E-state index contributed by atoms with van der Waals surface area (Å²) in [6.07, 6.45) is 0. The molecule has 1 heterocycles. The van der Waals surface area contributed by atoms with Crippen molar-refractivity contribution in [3.05, 3.63) is 93.7 Å². The van der Waals surface area contributed by atoms with Crippen molar-refractivity contribution in [3.63, 3.8) is 0 Å². The van der Waals surface area contributed by atoms with E-state index in [2.05, 4.69) is 15.5 Å². The van der Waals surface area contributed by atoms with Gasteiger partial charge < -0.3 is 10.1 Å². The molecule has 0 aliphatic carbocycles. The van der Waals surface area contributed by atoms with Gasteiger partial charge >= 0.3 is 0 Å². The number of carbonyl (C=O) groups is 1. The van der Waals surface area contributed by atoms with Crippen LogP contribution >= 0.6 is 46.6 Å². The van der Waals surface area contributed by atoms with Gasteiger partial charge in [-0.15, -0.1) is 10.2 Å². The molecule has 1 aromatic heterocycles. The second kappa shape index (κ2) is 10.9. The quantitative estimate of drug-likeness (QED) is 0.268. The SMILES string of the molecule is O=C(CSc1nnc(COc2ccc(Cl)cc2)n1-c1ccccc1)Nc1c(Cl)cccc1Cl. The van der Waals surface area contributed by atoms with E-state index in [0.29, 0.717) is 37.5 Å². The number of nitrogens with one attached hydrogen (secondary N) is 1. The standard InChI is InChI=1S/C23H17Cl3N4O2S/c24-15-9-11-17(12-10-15)32-13-20-28-29-23(30(20)16-5-2-1-3-6-16)33-14-21(31)27-22-18(25)7-4-8-19(22)26/h1-12H,13-14H2,(H,27,31). The van der Waals surface area contributed by atoms with E-state index in [1.165, 1.54) is 11.8 Å². The van der Waals surface area contributed by atoms with Crippen molar-refractivity contribution in [2.24, 2.45) is 0 Å². The molecule has 6 nitrogen and oxygen atoms in total. The second-order valence-electron chi connectivity index (χ2n) is 6.75. The highest BCUT2D eigenvalue weighted by molar-refractivity contribution is 7.99. The first-order valence-electron chi connectivity index (χ1n) is 9.76. The first-order chi connectivity index (χ1) is 16.0. The fourth-order valence-corrected chi connectivity index (χ4v) is 4.31. The normalized spacial score (nSPS) is 10.8. The number of para-hydroxylation sites is 2. The van der Waals surface area contributed by atoms with E-state index in [4.69, 9.17) is 39.5 Å². The summed E-state index contributed by atoms with van der Waals surface area (Å²) in [4.78, 5) is 12.5. The zero-order chi connectivity index (χ0) is 23.2. The van der Waals surface area contributed by atoms with E-state index < -0.39 is 0 Å². The fourth-order valence-electron chi connectivity index (χ4n) is 2.93. The van der Waals surface area contributed by atoms with Crippen molar-refractivity contribution in [2.75, 3.05) is 11.1 Å². The van der Waals surface area contributed by atoms with Gasteiger partial charge in [0.15, 0.2) is 11.0 Å². The molecule has 1 N–H and O–H groups in total. The predicted octanol–water partition coefficient (Wildman–Crippen LogP) is 6.54. The number of hydrogen-bond donors (Lipinski definition) is 1. The van der Waals surface area contributed by atoms with Gasteiger partial charge in [0, 0.05) is 10.7 Å². The lowest BCUT2D eigenvalue weighted by atomic mass is 10.3. The smallest absolute Gasteiger partial charge is 0.234 e. The largest absolute Gasteiger partial charge is 0.486 e. The van der Waals surface area contributed by atoms with Crippen LogP contribution in [0.1, 0.15) is 5.82 Å². The van der Waals surface area contributed by atoms with E-state index in [1.54, 1.807) is 42.5 Å². The average molecular weight is 520 g/mol. The molecule has 0 aliphatic heterocycles. The van der Waals surface area contributed by atoms with Crippen LogP contribution in [0.25, 0.3) is 5.69 Å². The lowest BCUT2D eigenvalue weighted by Gasteiger charge is -2.12. The maximum Gasteiger partial charge on any atom is 0.234 e. The van der Waals surface area contributed by atoms with Crippen molar-refractivity contribution < 1.29 is 9.53 Å². The summed E-state index contributed by atoms with van der Waals surface area (Å²) < 4.78 is 7.71. The van der Waals surface area contributed by atoms with E-state index in [1.807, 2.05) is 34.9 Å². The van der Waals surface area contributed by atoms with Crippen LogP contribution in [0, 0.1) is 0 Å². The maximum atomic E-state index is 12.5. The molecule has 4 aromatic rings. The number of benzene rings is 3. The number of halogens is 3. The van der Waals surface area contributed by atoms with E-state index >= 15 is 0 Å². The molecule has 33 heavy (non-hydrogen) atoms. The molecular weight excluding hydrogens is 503 g/mol. The molecule has 4 rings (SSSR count). The summed E-state index contributed by atoms with van der Waals surface area (Å²) in [6.45, 7) is 0.186. The summed E-state index contributed by atoms with van der Waals surface area (Å²) in [5.74, 6) is 1.07. The highest BCUT2D eigenvalue weighted by Crippen LogP contribution is 2.30. The van der Waals surface area contributed by atoms with Crippen molar-refractivity contribution in [1.82, 2.24) is 14.8 Å². The number of hydrogen-bond acceptors (Lipinski definition) is 5. The Morgan fingerprint density at radius 3 is 2.30 bits per heavy atom. The lowest BCUT2D eigenvalue weighted by Crippen LogP contribution is -2.15. The van der Waals surface area contributed by atoms with Crippen LogP contribution in [-0.4, -0.2) is 26.4 Å². The predicted molar refractivity (Wildman–Crippen MR) is 133 cm³/mol.